The minimum Gasteiger partial charge on any atom is -0.321 e. The topological polar surface area (TPSA) is 54.9 Å². The van der Waals surface area contributed by atoms with Crippen LogP contribution < -0.4 is 5.32 Å². The highest BCUT2D eigenvalue weighted by molar-refractivity contribution is 6.34. The lowest BCUT2D eigenvalue weighted by Crippen LogP contribution is -2.18. The molecule has 0 atom stereocenters. The normalized spacial score (nSPS) is 11.4. The van der Waals surface area contributed by atoms with Gasteiger partial charge in [-0.2, -0.15) is 13.2 Å². The molecule has 1 amide bonds. The number of hydrogen-bond acceptors (Lipinski definition) is 3. The van der Waals surface area contributed by atoms with Gasteiger partial charge in [-0.1, -0.05) is 23.7 Å². The number of amides is 1. The van der Waals surface area contributed by atoms with Crippen molar-refractivity contribution < 1.29 is 18.0 Å². The average molecular weight is 350 g/mol. The Morgan fingerprint density at radius 3 is 2.55 bits per heavy atom. The molecule has 0 fully saturated rings. The molecule has 2 rings (SSSR count). The van der Waals surface area contributed by atoms with Crippen LogP contribution in [0.4, 0.5) is 18.9 Å². The summed E-state index contributed by atoms with van der Waals surface area (Å²) in [5.74, 6) is -0.860. The number of aryl methyl sites for hydroxylation is 1. The SMILES string of the molecule is Cc1cccc(C(F)(F)F)c1NC(=O)c1cnc(Cl)nc1Cl. The number of aromatic nitrogens is 2. The number of anilines is 1. The largest absolute Gasteiger partial charge is 0.418 e. The van der Waals surface area contributed by atoms with E-state index < -0.39 is 17.6 Å². The summed E-state index contributed by atoms with van der Waals surface area (Å²) < 4.78 is 39.0. The van der Waals surface area contributed by atoms with E-state index in [2.05, 4.69) is 15.3 Å². The standard InChI is InChI=1S/C13H8Cl2F3N3O/c1-6-3-2-4-8(13(16,17)18)9(6)20-11(22)7-5-19-12(15)21-10(7)14/h2-5H,1H3,(H,20,22). The van der Waals surface area contributed by atoms with Crippen LogP contribution in [0.1, 0.15) is 21.5 Å². The molecule has 1 N–H and O–H groups in total. The van der Waals surface area contributed by atoms with Crippen LogP contribution in [0.5, 0.6) is 0 Å². The minimum absolute atomic E-state index is 0.173. The second kappa shape index (κ2) is 6.10. The van der Waals surface area contributed by atoms with E-state index in [9.17, 15) is 18.0 Å². The van der Waals surface area contributed by atoms with Gasteiger partial charge < -0.3 is 5.32 Å². The van der Waals surface area contributed by atoms with Crippen LogP contribution in [0.15, 0.2) is 24.4 Å². The van der Waals surface area contributed by atoms with Crippen molar-refractivity contribution in [2.45, 2.75) is 13.1 Å². The highest BCUT2D eigenvalue weighted by Gasteiger charge is 2.34. The first-order valence-electron chi connectivity index (χ1n) is 5.86. The van der Waals surface area contributed by atoms with Crippen LogP contribution in [-0.2, 0) is 6.18 Å². The maximum absolute atomic E-state index is 13.0. The summed E-state index contributed by atoms with van der Waals surface area (Å²) in [4.78, 5) is 19.2. The van der Waals surface area contributed by atoms with Crippen LogP contribution in [0.2, 0.25) is 10.4 Å². The molecule has 0 saturated heterocycles. The Labute approximate surface area is 133 Å². The molecule has 0 bridgehead atoms. The highest BCUT2D eigenvalue weighted by Crippen LogP contribution is 2.36. The lowest BCUT2D eigenvalue weighted by Gasteiger charge is -2.16. The first-order valence-corrected chi connectivity index (χ1v) is 6.62. The zero-order valence-corrected chi connectivity index (χ0v) is 12.5. The molecule has 2 aromatic rings. The van der Waals surface area contributed by atoms with Crippen molar-refractivity contribution in [2.75, 3.05) is 5.32 Å². The first kappa shape index (κ1) is 16.5. The van der Waals surface area contributed by atoms with Gasteiger partial charge in [0.15, 0.2) is 0 Å². The summed E-state index contributed by atoms with van der Waals surface area (Å²) in [6.45, 7) is 1.45. The number of alkyl halides is 3. The van der Waals surface area contributed by atoms with Crippen molar-refractivity contribution in [1.29, 1.82) is 0 Å². The fourth-order valence-corrected chi connectivity index (χ4v) is 2.14. The Kier molecular flexibility index (Phi) is 4.58. The van der Waals surface area contributed by atoms with Gasteiger partial charge >= 0.3 is 6.18 Å². The molecule has 0 spiro atoms. The molecule has 22 heavy (non-hydrogen) atoms. The number of nitrogens with zero attached hydrogens (tertiary/aromatic N) is 2. The first-order chi connectivity index (χ1) is 10.2. The van der Waals surface area contributed by atoms with Crippen LogP contribution in [0.25, 0.3) is 0 Å². The summed E-state index contributed by atoms with van der Waals surface area (Å²) in [7, 11) is 0. The van der Waals surface area contributed by atoms with E-state index in [1.54, 1.807) is 0 Å². The van der Waals surface area contributed by atoms with Gasteiger partial charge in [-0.25, -0.2) is 9.97 Å². The van der Waals surface area contributed by atoms with Crippen LogP contribution >= 0.6 is 23.2 Å². The Morgan fingerprint density at radius 1 is 1.27 bits per heavy atom. The summed E-state index contributed by atoms with van der Waals surface area (Å²) in [6, 6.07) is 3.58. The quantitative estimate of drug-likeness (QED) is 0.647. The lowest BCUT2D eigenvalue weighted by molar-refractivity contribution is -0.136. The summed E-state index contributed by atoms with van der Waals surface area (Å²) in [5.41, 5.74) is -1.21. The summed E-state index contributed by atoms with van der Waals surface area (Å²) in [6.07, 6.45) is -3.56. The summed E-state index contributed by atoms with van der Waals surface area (Å²) >= 11 is 11.2. The molecule has 0 aliphatic heterocycles. The fourth-order valence-electron chi connectivity index (χ4n) is 1.74. The van der Waals surface area contributed by atoms with Gasteiger partial charge in [-0.3, -0.25) is 4.79 Å². The van der Waals surface area contributed by atoms with Crippen LogP contribution in [0, 0.1) is 6.92 Å². The third-order valence-electron chi connectivity index (χ3n) is 2.77. The molecule has 116 valence electrons. The molecule has 0 radical (unpaired) electrons. The van der Waals surface area contributed by atoms with E-state index in [4.69, 9.17) is 23.2 Å². The van der Waals surface area contributed by atoms with E-state index in [1.165, 1.54) is 19.1 Å². The Hall–Kier alpha value is -1.86. The van der Waals surface area contributed by atoms with Gasteiger partial charge in [0.05, 0.1) is 16.8 Å². The summed E-state index contributed by atoms with van der Waals surface area (Å²) in [5, 5.41) is 1.77. The second-order valence-electron chi connectivity index (χ2n) is 4.29. The lowest BCUT2D eigenvalue weighted by atomic mass is 10.1. The smallest absolute Gasteiger partial charge is 0.321 e. The molecule has 1 aromatic heterocycles. The zero-order chi connectivity index (χ0) is 16.5. The molecule has 1 heterocycles. The molecule has 9 heteroatoms. The Morgan fingerprint density at radius 2 is 1.95 bits per heavy atom. The van der Waals surface area contributed by atoms with E-state index in [1.807, 2.05) is 0 Å². The number of para-hydroxylation sites is 1. The number of hydrogen-bond donors (Lipinski definition) is 1. The molecule has 1 aromatic carbocycles. The van der Waals surface area contributed by atoms with Gasteiger partial charge in [0.25, 0.3) is 5.91 Å². The van der Waals surface area contributed by atoms with Gasteiger partial charge in [0.2, 0.25) is 5.28 Å². The van der Waals surface area contributed by atoms with Crippen molar-refractivity contribution in [2.24, 2.45) is 0 Å². The molecule has 0 saturated carbocycles. The molecule has 0 unspecified atom stereocenters. The van der Waals surface area contributed by atoms with Gasteiger partial charge in [-0.15, -0.1) is 0 Å². The van der Waals surface area contributed by atoms with E-state index in [0.29, 0.717) is 0 Å². The Bertz CT molecular complexity index is 735. The third-order valence-corrected chi connectivity index (χ3v) is 3.24. The van der Waals surface area contributed by atoms with Crippen molar-refractivity contribution in [1.82, 2.24) is 9.97 Å². The van der Waals surface area contributed by atoms with E-state index >= 15 is 0 Å². The maximum Gasteiger partial charge on any atom is 0.418 e. The van der Waals surface area contributed by atoms with Crippen molar-refractivity contribution >= 4 is 34.8 Å². The number of benzene rings is 1. The van der Waals surface area contributed by atoms with Crippen molar-refractivity contribution in [3.8, 4) is 0 Å². The maximum atomic E-state index is 13.0. The molecular formula is C13H8Cl2F3N3O. The third kappa shape index (κ3) is 3.48. The predicted octanol–water partition coefficient (Wildman–Crippen LogP) is 4.36. The van der Waals surface area contributed by atoms with Gasteiger partial charge in [-0.05, 0) is 30.2 Å². The second-order valence-corrected chi connectivity index (χ2v) is 4.99. The zero-order valence-electron chi connectivity index (χ0n) is 11.0. The van der Waals surface area contributed by atoms with Gasteiger partial charge in [0, 0.05) is 6.20 Å². The number of halogens is 5. The van der Waals surface area contributed by atoms with Crippen molar-refractivity contribution in [3.63, 3.8) is 0 Å². The number of rotatable bonds is 2. The molecular weight excluding hydrogens is 342 g/mol. The predicted molar refractivity (Wildman–Crippen MR) is 76.2 cm³/mol. The molecule has 0 aliphatic carbocycles. The molecule has 4 nitrogen and oxygen atoms in total. The number of carbonyl (C=O) groups excluding carboxylic acids is 1. The minimum atomic E-state index is -4.60. The Balaban J connectivity index is 2.41. The highest BCUT2D eigenvalue weighted by atomic mass is 35.5. The van der Waals surface area contributed by atoms with Crippen LogP contribution in [-0.4, -0.2) is 15.9 Å². The van der Waals surface area contributed by atoms with Gasteiger partial charge in [0.1, 0.15) is 5.15 Å². The van der Waals surface area contributed by atoms with Crippen molar-refractivity contribution in [3.05, 3.63) is 51.5 Å². The monoisotopic (exact) mass is 349 g/mol. The van der Waals surface area contributed by atoms with E-state index in [-0.39, 0.29) is 27.3 Å². The molecule has 0 aliphatic rings. The van der Waals surface area contributed by atoms with E-state index in [0.717, 1.165) is 12.3 Å². The van der Waals surface area contributed by atoms with Crippen LogP contribution in [0.3, 0.4) is 0 Å². The average Bonchev–Trinajstić information content (AvgIpc) is 2.39. The number of carbonyl (C=O) groups is 1. The number of nitrogens with one attached hydrogen (secondary N) is 1. The fraction of sp³-hybridized carbons (Fsp3) is 0.154.